The number of rotatable bonds is 1. The van der Waals surface area contributed by atoms with Crippen LogP contribution < -0.4 is 0 Å². The summed E-state index contributed by atoms with van der Waals surface area (Å²) < 4.78 is 11.7. The molecule has 0 N–H and O–H groups in total. The largest absolute Gasteiger partial charge is 0.463 e. The lowest BCUT2D eigenvalue weighted by Gasteiger charge is -2.19. The first kappa shape index (κ1) is 12.4. The molecular weight excluding hydrogens is 232 g/mol. The lowest BCUT2D eigenvalue weighted by atomic mass is 10.2. The summed E-state index contributed by atoms with van der Waals surface area (Å²) in [5, 5.41) is 4.18. The van der Waals surface area contributed by atoms with Crippen molar-refractivity contribution in [2.45, 2.75) is 33.3 Å². The normalized spacial score (nSPS) is 11.6. The highest BCUT2D eigenvalue weighted by Crippen LogP contribution is 2.20. The van der Waals surface area contributed by atoms with Gasteiger partial charge in [0.15, 0.2) is 5.76 Å². The first-order chi connectivity index (χ1) is 8.37. The number of aryl methyl sites for hydroxylation is 1. The van der Waals surface area contributed by atoms with Crippen molar-refractivity contribution >= 4 is 6.09 Å². The molecule has 0 radical (unpaired) electrons. The van der Waals surface area contributed by atoms with E-state index in [1.54, 1.807) is 31.4 Å². The summed E-state index contributed by atoms with van der Waals surface area (Å²) in [6.07, 6.45) is 1.08. The van der Waals surface area contributed by atoms with Crippen molar-refractivity contribution in [2.75, 3.05) is 0 Å². The Morgan fingerprint density at radius 1 is 1.44 bits per heavy atom. The number of carbonyl (C=O) groups is 1. The van der Waals surface area contributed by atoms with Crippen LogP contribution in [0.2, 0.25) is 0 Å². The first-order valence-corrected chi connectivity index (χ1v) is 5.71. The van der Waals surface area contributed by atoms with Gasteiger partial charge in [-0.3, -0.25) is 0 Å². The summed E-state index contributed by atoms with van der Waals surface area (Å²) in [6.45, 7) is 7.24. The van der Waals surface area contributed by atoms with E-state index in [-0.39, 0.29) is 0 Å². The van der Waals surface area contributed by atoms with Gasteiger partial charge in [-0.25, -0.2) is 4.79 Å². The molecule has 2 aromatic heterocycles. The number of ether oxygens (including phenoxy) is 1. The van der Waals surface area contributed by atoms with E-state index in [0.717, 1.165) is 0 Å². The molecule has 0 fully saturated rings. The predicted molar refractivity (Wildman–Crippen MR) is 66.3 cm³/mol. The molecule has 0 aromatic carbocycles. The summed E-state index contributed by atoms with van der Waals surface area (Å²) >= 11 is 0. The van der Waals surface area contributed by atoms with Gasteiger partial charge in [0.2, 0.25) is 0 Å². The summed E-state index contributed by atoms with van der Waals surface area (Å²) in [4.78, 5) is 11.9. The summed E-state index contributed by atoms with van der Waals surface area (Å²) in [5.41, 5.74) is 0.777. The van der Waals surface area contributed by atoms with E-state index in [1.165, 1.54) is 4.68 Å². The van der Waals surface area contributed by atoms with Gasteiger partial charge in [0, 0.05) is 5.69 Å². The van der Waals surface area contributed by atoms with Gasteiger partial charge in [-0.2, -0.15) is 9.78 Å². The first-order valence-electron chi connectivity index (χ1n) is 5.71. The van der Waals surface area contributed by atoms with E-state index in [1.807, 2.05) is 20.8 Å². The summed E-state index contributed by atoms with van der Waals surface area (Å²) in [5.74, 6) is 0.625. The number of carbonyl (C=O) groups excluding carboxylic acids is 1. The molecule has 2 aromatic rings. The number of hydrogen-bond donors (Lipinski definition) is 0. The second kappa shape index (κ2) is 4.33. The Morgan fingerprint density at radius 2 is 2.17 bits per heavy atom. The lowest BCUT2D eigenvalue weighted by molar-refractivity contribution is 0.0511. The molecule has 0 unspecified atom stereocenters. The fourth-order valence-electron chi connectivity index (χ4n) is 1.51. The zero-order valence-electron chi connectivity index (χ0n) is 10.9. The van der Waals surface area contributed by atoms with E-state index in [4.69, 9.17) is 9.15 Å². The third kappa shape index (κ3) is 2.61. The van der Waals surface area contributed by atoms with Crippen LogP contribution >= 0.6 is 0 Å². The third-order valence-electron chi connectivity index (χ3n) is 2.23. The van der Waals surface area contributed by atoms with Gasteiger partial charge in [0.25, 0.3) is 0 Å². The molecular formula is C13H16N2O3. The molecule has 0 spiro atoms. The maximum atomic E-state index is 11.9. The van der Waals surface area contributed by atoms with E-state index in [2.05, 4.69) is 5.10 Å². The van der Waals surface area contributed by atoms with Crippen molar-refractivity contribution in [3.63, 3.8) is 0 Å². The Kier molecular flexibility index (Phi) is 2.98. The second-order valence-electron chi connectivity index (χ2n) is 5.04. The molecule has 0 amide bonds. The van der Waals surface area contributed by atoms with Crippen molar-refractivity contribution in [3.8, 4) is 11.5 Å². The zero-order valence-corrected chi connectivity index (χ0v) is 10.9. The summed E-state index contributed by atoms with van der Waals surface area (Å²) in [6, 6.07) is 5.35. The highest BCUT2D eigenvalue weighted by Gasteiger charge is 2.21. The molecule has 0 aliphatic rings. The molecule has 0 saturated heterocycles. The van der Waals surface area contributed by atoms with Crippen molar-refractivity contribution in [2.24, 2.45) is 0 Å². The fourth-order valence-corrected chi connectivity index (χ4v) is 1.51. The fraction of sp³-hybridized carbons (Fsp3) is 0.385. The van der Waals surface area contributed by atoms with Crippen LogP contribution in [0.25, 0.3) is 11.5 Å². The van der Waals surface area contributed by atoms with Gasteiger partial charge in [-0.05, 0) is 45.9 Å². The van der Waals surface area contributed by atoms with Crippen LogP contribution in [-0.2, 0) is 4.74 Å². The molecule has 96 valence electrons. The van der Waals surface area contributed by atoms with Gasteiger partial charge in [-0.1, -0.05) is 0 Å². The Hall–Kier alpha value is -2.04. The van der Waals surface area contributed by atoms with Gasteiger partial charge < -0.3 is 9.15 Å². The molecule has 0 aliphatic carbocycles. The molecule has 0 atom stereocenters. The molecule has 18 heavy (non-hydrogen) atoms. The van der Waals surface area contributed by atoms with Gasteiger partial charge in [-0.15, -0.1) is 0 Å². The Labute approximate surface area is 105 Å². The Morgan fingerprint density at radius 3 is 2.72 bits per heavy atom. The summed E-state index contributed by atoms with van der Waals surface area (Å²) in [7, 11) is 0. The molecule has 0 bridgehead atoms. The van der Waals surface area contributed by atoms with Crippen LogP contribution in [0.1, 0.15) is 26.5 Å². The van der Waals surface area contributed by atoms with E-state index < -0.39 is 11.7 Å². The SMILES string of the molecule is Cc1cc(-c2ccco2)nn1C(=O)OC(C)(C)C. The lowest BCUT2D eigenvalue weighted by Crippen LogP contribution is -2.28. The topological polar surface area (TPSA) is 57.3 Å². The average molecular weight is 248 g/mol. The molecule has 5 nitrogen and oxygen atoms in total. The number of aromatic nitrogens is 2. The molecule has 2 heterocycles. The zero-order chi connectivity index (χ0) is 13.3. The minimum absolute atomic E-state index is 0.488. The highest BCUT2D eigenvalue weighted by molar-refractivity contribution is 5.72. The number of furan rings is 1. The van der Waals surface area contributed by atoms with Crippen LogP contribution in [0.5, 0.6) is 0 Å². The van der Waals surface area contributed by atoms with Crippen LogP contribution in [0.15, 0.2) is 28.9 Å². The predicted octanol–water partition coefficient (Wildman–Crippen LogP) is 3.23. The second-order valence-corrected chi connectivity index (χ2v) is 5.04. The van der Waals surface area contributed by atoms with E-state index >= 15 is 0 Å². The molecule has 0 saturated carbocycles. The van der Waals surface area contributed by atoms with E-state index in [9.17, 15) is 4.79 Å². The maximum absolute atomic E-state index is 11.9. The van der Waals surface area contributed by atoms with Crippen molar-refractivity contribution in [1.29, 1.82) is 0 Å². The maximum Gasteiger partial charge on any atom is 0.435 e. The van der Waals surface area contributed by atoms with Crippen molar-refractivity contribution in [3.05, 3.63) is 30.2 Å². The minimum Gasteiger partial charge on any atom is -0.463 e. The number of nitrogens with zero attached hydrogens (tertiary/aromatic N) is 2. The standard InChI is InChI=1S/C13H16N2O3/c1-9-8-10(11-6-5-7-17-11)14-15(9)12(16)18-13(2,3)4/h5-8H,1-4H3. The smallest absolute Gasteiger partial charge is 0.435 e. The molecule has 2 rings (SSSR count). The number of hydrogen-bond acceptors (Lipinski definition) is 4. The van der Waals surface area contributed by atoms with Gasteiger partial charge >= 0.3 is 6.09 Å². The van der Waals surface area contributed by atoms with E-state index in [0.29, 0.717) is 17.1 Å². The van der Waals surface area contributed by atoms with Crippen LogP contribution in [0.4, 0.5) is 4.79 Å². The highest BCUT2D eigenvalue weighted by atomic mass is 16.6. The Bertz CT molecular complexity index is 547. The third-order valence-corrected chi connectivity index (χ3v) is 2.23. The quantitative estimate of drug-likeness (QED) is 0.777. The van der Waals surface area contributed by atoms with Crippen molar-refractivity contribution in [1.82, 2.24) is 9.78 Å². The Balaban J connectivity index is 2.27. The molecule has 5 heteroatoms. The van der Waals surface area contributed by atoms with Crippen LogP contribution in [-0.4, -0.2) is 21.5 Å². The van der Waals surface area contributed by atoms with Crippen molar-refractivity contribution < 1.29 is 13.9 Å². The minimum atomic E-state index is -0.541. The van der Waals surface area contributed by atoms with Crippen LogP contribution in [0, 0.1) is 6.92 Å². The van der Waals surface area contributed by atoms with Crippen LogP contribution in [0.3, 0.4) is 0 Å². The van der Waals surface area contributed by atoms with Gasteiger partial charge in [0.05, 0.1) is 6.26 Å². The monoisotopic (exact) mass is 248 g/mol. The molecule has 0 aliphatic heterocycles. The average Bonchev–Trinajstić information content (AvgIpc) is 2.82. The van der Waals surface area contributed by atoms with Gasteiger partial charge in [0.1, 0.15) is 11.3 Å².